The maximum atomic E-state index is 14.1. The number of nitrogens with one attached hydrogen (secondary N) is 1. The molecule has 1 aliphatic heterocycles. The first kappa shape index (κ1) is 20.2. The minimum atomic E-state index is -0.627. The number of nitrogens with zero attached hydrogens (tertiary/aromatic N) is 5. The Bertz CT molecular complexity index is 1020. The van der Waals surface area contributed by atoms with Crippen molar-refractivity contribution in [1.29, 1.82) is 0 Å². The summed E-state index contributed by atoms with van der Waals surface area (Å²) in [5, 5.41) is 7.87. The van der Waals surface area contributed by atoms with Crippen molar-refractivity contribution in [2.24, 2.45) is 0 Å². The largest absolute Gasteiger partial charge is 0.373 e. The van der Waals surface area contributed by atoms with Crippen LogP contribution in [0.25, 0.3) is 16.3 Å². The van der Waals surface area contributed by atoms with Crippen LogP contribution in [0.5, 0.6) is 0 Å². The Morgan fingerprint density at radius 1 is 1.34 bits per heavy atom. The average Bonchev–Trinajstić information content (AvgIpc) is 3.35. The van der Waals surface area contributed by atoms with Crippen molar-refractivity contribution in [3.8, 4) is 16.3 Å². The monoisotopic (exact) mass is 455 g/mol. The molecular formula is C17H14Cl2FN6O2S. The van der Waals surface area contributed by atoms with Gasteiger partial charge < -0.3 is 10.1 Å². The van der Waals surface area contributed by atoms with Gasteiger partial charge in [0.15, 0.2) is 5.13 Å². The molecule has 1 saturated heterocycles. The van der Waals surface area contributed by atoms with Crippen molar-refractivity contribution in [2.75, 3.05) is 31.6 Å². The second kappa shape index (κ2) is 8.72. The number of morpholine rings is 1. The Kier molecular flexibility index (Phi) is 6.07. The number of halogens is 3. The zero-order valence-corrected chi connectivity index (χ0v) is 17.1. The van der Waals surface area contributed by atoms with Crippen LogP contribution >= 0.6 is 34.5 Å². The topological polar surface area (TPSA) is 85.2 Å². The molecule has 0 atom stereocenters. The molecular weight excluding hydrogens is 442 g/mol. The molecule has 1 aliphatic rings. The van der Waals surface area contributed by atoms with Crippen LogP contribution < -0.4 is 5.32 Å². The molecule has 3 heterocycles. The third-order valence-corrected chi connectivity index (χ3v) is 5.65. The number of aromatic nitrogens is 4. The van der Waals surface area contributed by atoms with Gasteiger partial charge in [-0.05, 0) is 12.1 Å². The highest BCUT2D eigenvalue weighted by Crippen LogP contribution is 2.39. The van der Waals surface area contributed by atoms with Gasteiger partial charge in [0.2, 0.25) is 5.91 Å². The molecule has 29 heavy (non-hydrogen) atoms. The summed E-state index contributed by atoms with van der Waals surface area (Å²) in [6, 6.07) is 2.51. The van der Waals surface area contributed by atoms with Gasteiger partial charge in [-0.2, -0.15) is 5.10 Å². The molecule has 1 aromatic carbocycles. The van der Waals surface area contributed by atoms with E-state index in [1.165, 1.54) is 40.8 Å². The van der Waals surface area contributed by atoms with Crippen LogP contribution in [0.4, 0.5) is 9.52 Å². The molecule has 1 N–H and O–H groups in total. The molecule has 1 amide bonds. The second-order valence-electron chi connectivity index (χ2n) is 6.08. The maximum absolute atomic E-state index is 14.1. The number of benzene rings is 1. The zero-order valence-electron chi connectivity index (χ0n) is 14.8. The Morgan fingerprint density at radius 3 is 2.93 bits per heavy atom. The van der Waals surface area contributed by atoms with E-state index < -0.39 is 5.82 Å². The highest BCUT2D eigenvalue weighted by atomic mass is 35.5. The Morgan fingerprint density at radius 2 is 2.21 bits per heavy atom. The first-order chi connectivity index (χ1) is 14.0. The lowest BCUT2D eigenvalue weighted by Gasteiger charge is -2.25. The second-order valence-corrected chi connectivity index (χ2v) is 7.87. The number of anilines is 1. The van der Waals surface area contributed by atoms with E-state index in [2.05, 4.69) is 20.4 Å². The predicted octanol–water partition coefficient (Wildman–Crippen LogP) is 3.27. The van der Waals surface area contributed by atoms with Crippen LogP contribution in [0, 0.1) is 12.4 Å². The minimum Gasteiger partial charge on any atom is -0.373 e. The van der Waals surface area contributed by atoms with Crippen LogP contribution in [0.3, 0.4) is 0 Å². The summed E-state index contributed by atoms with van der Waals surface area (Å²) in [6.45, 7) is 3.64. The normalized spacial score (nSPS) is 14.9. The summed E-state index contributed by atoms with van der Waals surface area (Å²) < 4.78 is 20.7. The van der Waals surface area contributed by atoms with Gasteiger partial charge in [0, 0.05) is 18.7 Å². The predicted molar refractivity (Wildman–Crippen MR) is 108 cm³/mol. The fourth-order valence-corrected chi connectivity index (χ4v) is 4.13. The van der Waals surface area contributed by atoms with Crippen molar-refractivity contribution in [1.82, 2.24) is 24.6 Å². The summed E-state index contributed by atoms with van der Waals surface area (Å²) in [5.41, 5.74) is 0.690. The molecule has 0 unspecified atom stereocenters. The number of carbonyl (C=O) groups is 1. The molecule has 8 nitrogen and oxygen atoms in total. The molecule has 151 valence electrons. The van der Waals surface area contributed by atoms with E-state index in [9.17, 15) is 9.18 Å². The third-order valence-electron chi connectivity index (χ3n) is 4.09. The minimum absolute atomic E-state index is 0.0906. The van der Waals surface area contributed by atoms with Crippen LogP contribution in [0.2, 0.25) is 10.0 Å². The van der Waals surface area contributed by atoms with E-state index in [0.29, 0.717) is 41.1 Å². The number of thiazole rings is 1. The highest BCUT2D eigenvalue weighted by molar-refractivity contribution is 7.18. The lowest BCUT2D eigenvalue weighted by atomic mass is 10.1. The van der Waals surface area contributed by atoms with Gasteiger partial charge in [0.05, 0.1) is 29.8 Å². The number of amides is 1. The van der Waals surface area contributed by atoms with Gasteiger partial charge in [-0.15, -0.1) is 0 Å². The molecule has 1 fully saturated rings. The smallest absolute Gasteiger partial charge is 0.240 e. The molecule has 0 spiro atoms. The van der Waals surface area contributed by atoms with Crippen LogP contribution in [-0.4, -0.2) is 56.8 Å². The standard InChI is InChI=1S/C17H14Cl2FN6O2S/c18-11-6-12(19)13(20)5-10(11)15-16(26-9-21-8-22-26)29-17(24-15)23-14(27)7-25-1-3-28-4-2-25/h3,5-6,8-9H,1-2,4,7H2,(H,23,24,27). The van der Waals surface area contributed by atoms with Crippen molar-refractivity contribution >= 4 is 45.6 Å². The van der Waals surface area contributed by atoms with Crippen LogP contribution in [-0.2, 0) is 9.53 Å². The molecule has 0 aliphatic carbocycles. The number of rotatable bonds is 5. The summed E-state index contributed by atoms with van der Waals surface area (Å²) in [5.74, 6) is -0.850. The van der Waals surface area contributed by atoms with Gasteiger partial charge >= 0.3 is 0 Å². The lowest BCUT2D eigenvalue weighted by molar-refractivity contribution is -0.117. The number of carbonyl (C=O) groups excluding carboxylic acids is 1. The summed E-state index contributed by atoms with van der Waals surface area (Å²) in [7, 11) is 0. The molecule has 0 bridgehead atoms. The Hall–Kier alpha value is -2.11. The first-order valence-corrected chi connectivity index (χ1v) is 10.0. The van der Waals surface area contributed by atoms with Crippen molar-refractivity contribution in [3.05, 3.63) is 47.3 Å². The van der Waals surface area contributed by atoms with E-state index in [0.717, 1.165) is 0 Å². The Balaban J connectivity index is 1.64. The summed E-state index contributed by atoms with van der Waals surface area (Å²) in [6.07, 6.45) is 2.84. The number of hydrogen-bond donors (Lipinski definition) is 1. The first-order valence-electron chi connectivity index (χ1n) is 8.47. The molecule has 3 aromatic rings. The van der Waals surface area contributed by atoms with E-state index in [4.69, 9.17) is 27.9 Å². The number of ether oxygens (including phenoxy) is 1. The van der Waals surface area contributed by atoms with Crippen LogP contribution in [0.1, 0.15) is 0 Å². The van der Waals surface area contributed by atoms with E-state index in [1.54, 1.807) is 6.61 Å². The summed E-state index contributed by atoms with van der Waals surface area (Å²) >= 11 is 13.2. The molecule has 0 saturated carbocycles. The van der Waals surface area contributed by atoms with Gasteiger partial charge in [0.1, 0.15) is 29.2 Å². The van der Waals surface area contributed by atoms with Crippen molar-refractivity contribution in [2.45, 2.75) is 0 Å². The SMILES string of the molecule is O=C(CN1C[CH]OCC1)Nc1nc(-c2cc(F)c(Cl)cc2Cl)c(-n2cncn2)s1. The van der Waals surface area contributed by atoms with Crippen molar-refractivity contribution < 1.29 is 13.9 Å². The third kappa shape index (κ3) is 4.57. The average molecular weight is 456 g/mol. The summed E-state index contributed by atoms with van der Waals surface area (Å²) in [4.78, 5) is 22.7. The quantitative estimate of drug-likeness (QED) is 0.594. The van der Waals surface area contributed by atoms with Gasteiger partial charge in [-0.25, -0.2) is 19.0 Å². The van der Waals surface area contributed by atoms with Crippen molar-refractivity contribution in [3.63, 3.8) is 0 Å². The van der Waals surface area contributed by atoms with E-state index in [-0.39, 0.29) is 22.5 Å². The molecule has 12 heteroatoms. The fraction of sp³-hybridized carbons (Fsp3) is 0.235. The number of hydrogen-bond acceptors (Lipinski definition) is 7. The Labute approximate surface area is 179 Å². The van der Waals surface area contributed by atoms with E-state index in [1.807, 2.05) is 4.90 Å². The van der Waals surface area contributed by atoms with Gasteiger partial charge in [0.25, 0.3) is 0 Å². The molecule has 4 rings (SSSR count). The van der Waals surface area contributed by atoms with Gasteiger partial charge in [-0.1, -0.05) is 34.5 Å². The fourth-order valence-electron chi connectivity index (χ4n) is 2.73. The maximum Gasteiger partial charge on any atom is 0.240 e. The molecule has 1 radical (unpaired) electrons. The highest BCUT2D eigenvalue weighted by Gasteiger charge is 2.21. The van der Waals surface area contributed by atoms with E-state index >= 15 is 0 Å². The lowest BCUT2D eigenvalue weighted by Crippen LogP contribution is -2.39. The molecule has 2 aromatic heterocycles. The van der Waals surface area contributed by atoms with Crippen LogP contribution in [0.15, 0.2) is 24.8 Å². The van der Waals surface area contributed by atoms with Gasteiger partial charge in [-0.3, -0.25) is 9.69 Å². The zero-order chi connectivity index (χ0) is 20.4.